The average molecular weight is 400 g/mol. The Labute approximate surface area is 172 Å². The predicted octanol–water partition coefficient (Wildman–Crippen LogP) is 5.26. The van der Waals surface area contributed by atoms with Gasteiger partial charge in [0, 0.05) is 23.4 Å². The third-order valence-corrected chi connectivity index (χ3v) is 5.88. The van der Waals surface area contributed by atoms with Crippen molar-refractivity contribution < 1.29 is 14.3 Å². The molecule has 1 aliphatic rings. The number of rotatable bonds is 5. The van der Waals surface area contributed by atoms with E-state index in [1.165, 1.54) is 17.3 Å². The number of carbonyl (C=O) groups excluding carboxylic acids is 1. The minimum Gasteiger partial charge on any atom is -0.493 e. The van der Waals surface area contributed by atoms with E-state index < -0.39 is 0 Å². The molecule has 0 saturated heterocycles. The number of para-hydroxylation sites is 1. The first-order valence-corrected chi connectivity index (χ1v) is 10.4. The van der Waals surface area contributed by atoms with Gasteiger partial charge in [-0.25, -0.2) is 0 Å². The van der Waals surface area contributed by atoms with Crippen LogP contribution in [0.3, 0.4) is 0 Å². The number of fused-ring (bicyclic) bond motifs is 1. The Hall–Kier alpha value is -2.14. The van der Waals surface area contributed by atoms with E-state index in [0.29, 0.717) is 12.2 Å². The molecule has 0 amide bonds. The summed E-state index contributed by atoms with van der Waals surface area (Å²) in [6.45, 7) is 7.10. The zero-order valence-electron chi connectivity index (χ0n) is 17.3. The van der Waals surface area contributed by atoms with Gasteiger partial charge in [-0.2, -0.15) is 0 Å². The monoisotopic (exact) mass is 399 g/mol. The average Bonchev–Trinajstić information content (AvgIpc) is 2.66. The van der Waals surface area contributed by atoms with E-state index in [4.69, 9.17) is 9.47 Å². The number of anilines is 1. The normalized spacial score (nSPS) is 16.5. The lowest BCUT2D eigenvalue weighted by Gasteiger charge is -2.39. The van der Waals surface area contributed by atoms with Crippen molar-refractivity contribution in [2.24, 2.45) is 0 Å². The highest BCUT2D eigenvalue weighted by molar-refractivity contribution is 8.14. The largest absolute Gasteiger partial charge is 0.493 e. The molecule has 2 aromatic rings. The van der Waals surface area contributed by atoms with Crippen LogP contribution in [-0.2, 0) is 11.2 Å². The van der Waals surface area contributed by atoms with E-state index in [2.05, 4.69) is 43.9 Å². The fourth-order valence-electron chi connectivity index (χ4n) is 3.72. The lowest BCUT2D eigenvalue weighted by atomic mass is 9.89. The second kappa shape index (κ2) is 8.48. The summed E-state index contributed by atoms with van der Waals surface area (Å²) in [5.41, 5.74) is 3.51. The molecule has 28 heavy (non-hydrogen) atoms. The van der Waals surface area contributed by atoms with Crippen LogP contribution >= 0.6 is 11.8 Å². The molecule has 0 fully saturated rings. The Morgan fingerprint density at radius 1 is 1.11 bits per heavy atom. The molecule has 0 saturated carbocycles. The summed E-state index contributed by atoms with van der Waals surface area (Å²) in [6, 6.07) is 14.4. The summed E-state index contributed by atoms with van der Waals surface area (Å²) in [7, 11) is 3.31. The molecule has 0 aromatic heterocycles. The van der Waals surface area contributed by atoms with E-state index >= 15 is 0 Å². The smallest absolute Gasteiger partial charge is 0.191 e. The van der Waals surface area contributed by atoms with Crippen LogP contribution in [0.1, 0.15) is 44.4 Å². The molecule has 5 heteroatoms. The van der Waals surface area contributed by atoms with Crippen molar-refractivity contribution in [1.29, 1.82) is 0 Å². The molecule has 0 N–H and O–H groups in total. The molecule has 0 spiro atoms. The van der Waals surface area contributed by atoms with Crippen molar-refractivity contribution in [3.63, 3.8) is 0 Å². The molecule has 0 radical (unpaired) electrons. The minimum absolute atomic E-state index is 0.0201. The maximum atomic E-state index is 12.9. The Morgan fingerprint density at radius 3 is 2.36 bits per heavy atom. The molecule has 1 aliphatic heterocycles. The highest BCUT2D eigenvalue weighted by atomic mass is 32.2. The maximum Gasteiger partial charge on any atom is 0.191 e. The van der Waals surface area contributed by atoms with Crippen molar-refractivity contribution >= 4 is 22.6 Å². The number of benzene rings is 2. The third kappa shape index (κ3) is 4.64. The minimum atomic E-state index is -0.0935. The molecule has 0 bridgehead atoms. The Bertz CT molecular complexity index is 830. The lowest BCUT2D eigenvalue weighted by Crippen LogP contribution is -2.36. The highest BCUT2D eigenvalue weighted by Crippen LogP contribution is 2.42. The van der Waals surface area contributed by atoms with Crippen LogP contribution in [0.2, 0.25) is 0 Å². The van der Waals surface area contributed by atoms with Crippen molar-refractivity contribution in [1.82, 2.24) is 0 Å². The van der Waals surface area contributed by atoms with Crippen LogP contribution in [0.25, 0.3) is 0 Å². The van der Waals surface area contributed by atoms with Gasteiger partial charge in [0.25, 0.3) is 0 Å². The van der Waals surface area contributed by atoms with Crippen molar-refractivity contribution in [2.75, 3.05) is 25.7 Å². The summed E-state index contributed by atoms with van der Waals surface area (Å²) in [5, 5.41) is 0.209. The maximum absolute atomic E-state index is 12.9. The summed E-state index contributed by atoms with van der Waals surface area (Å²) in [6.07, 6.45) is 1.36. The molecule has 150 valence electrons. The standard InChI is InChI=1S/C23H29NO3S/c1-23(2,3)28-22(25)15-19-18-14-21(27-5)20(26-4)13-16(18)11-12-24(19)17-9-7-6-8-10-17/h6-10,13-14,19H,11-12,15H2,1-5H3. The van der Waals surface area contributed by atoms with E-state index in [9.17, 15) is 4.79 Å². The van der Waals surface area contributed by atoms with Crippen LogP contribution in [0.4, 0.5) is 5.69 Å². The van der Waals surface area contributed by atoms with Gasteiger partial charge in [0.05, 0.1) is 20.3 Å². The van der Waals surface area contributed by atoms with Crippen molar-refractivity contribution in [2.45, 2.75) is 44.4 Å². The van der Waals surface area contributed by atoms with Gasteiger partial charge < -0.3 is 14.4 Å². The molecule has 4 nitrogen and oxygen atoms in total. The summed E-state index contributed by atoms with van der Waals surface area (Å²) < 4.78 is 10.9. The molecular weight excluding hydrogens is 370 g/mol. The summed E-state index contributed by atoms with van der Waals surface area (Å²) >= 11 is 1.42. The first-order valence-electron chi connectivity index (χ1n) is 9.60. The molecule has 1 heterocycles. The topological polar surface area (TPSA) is 38.8 Å². The Balaban J connectivity index is 2.01. The predicted molar refractivity (Wildman–Crippen MR) is 117 cm³/mol. The number of ether oxygens (including phenoxy) is 2. The number of hydrogen-bond donors (Lipinski definition) is 0. The highest BCUT2D eigenvalue weighted by Gasteiger charge is 2.32. The van der Waals surface area contributed by atoms with Crippen molar-refractivity contribution in [3.05, 3.63) is 53.6 Å². The second-order valence-electron chi connectivity index (χ2n) is 7.99. The van der Waals surface area contributed by atoms with Gasteiger partial charge in [-0.05, 0) is 41.8 Å². The first-order chi connectivity index (χ1) is 13.3. The van der Waals surface area contributed by atoms with E-state index in [-0.39, 0.29) is 15.9 Å². The van der Waals surface area contributed by atoms with Gasteiger partial charge in [-0.1, -0.05) is 50.7 Å². The third-order valence-electron chi connectivity index (χ3n) is 4.87. The van der Waals surface area contributed by atoms with Gasteiger partial charge in [-0.3, -0.25) is 4.79 Å². The Kier molecular flexibility index (Phi) is 6.23. The van der Waals surface area contributed by atoms with Crippen LogP contribution in [0.5, 0.6) is 11.5 Å². The molecule has 2 aromatic carbocycles. The number of hydrogen-bond acceptors (Lipinski definition) is 5. The van der Waals surface area contributed by atoms with Gasteiger partial charge in [-0.15, -0.1) is 0 Å². The number of methoxy groups -OCH3 is 2. The second-order valence-corrected chi connectivity index (χ2v) is 9.88. The lowest BCUT2D eigenvalue weighted by molar-refractivity contribution is -0.111. The quantitative estimate of drug-likeness (QED) is 0.686. The number of carbonyl (C=O) groups is 1. The van der Waals surface area contributed by atoms with Gasteiger partial charge in [0.2, 0.25) is 0 Å². The molecule has 0 aliphatic carbocycles. The fraction of sp³-hybridized carbons (Fsp3) is 0.435. The SMILES string of the molecule is COc1cc2c(cc1OC)C(CC(=O)SC(C)(C)C)N(c1ccccc1)CC2. The number of nitrogens with zero attached hydrogens (tertiary/aromatic N) is 1. The Morgan fingerprint density at radius 2 is 1.75 bits per heavy atom. The van der Waals surface area contributed by atoms with Crippen molar-refractivity contribution in [3.8, 4) is 11.5 Å². The zero-order valence-corrected chi connectivity index (χ0v) is 18.1. The van der Waals surface area contributed by atoms with E-state index in [1.54, 1.807) is 14.2 Å². The summed E-state index contributed by atoms with van der Waals surface area (Å²) in [5.74, 6) is 1.45. The van der Waals surface area contributed by atoms with Crippen LogP contribution in [0.15, 0.2) is 42.5 Å². The molecule has 1 unspecified atom stereocenters. The van der Waals surface area contributed by atoms with Gasteiger partial charge in [0.15, 0.2) is 16.6 Å². The molecule has 3 rings (SSSR count). The summed E-state index contributed by atoms with van der Waals surface area (Å²) in [4.78, 5) is 15.2. The van der Waals surface area contributed by atoms with Gasteiger partial charge >= 0.3 is 0 Å². The zero-order chi connectivity index (χ0) is 20.3. The van der Waals surface area contributed by atoms with E-state index in [0.717, 1.165) is 30.0 Å². The van der Waals surface area contributed by atoms with Crippen LogP contribution in [0, 0.1) is 0 Å². The molecular formula is C23H29NO3S. The first kappa shape index (κ1) is 20.6. The van der Waals surface area contributed by atoms with E-state index in [1.807, 2.05) is 24.3 Å². The van der Waals surface area contributed by atoms with Gasteiger partial charge in [0.1, 0.15) is 0 Å². The molecule has 1 atom stereocenters. The van der Waals surface area contributed by atoms with Crippen LogP contribution in [-0.4, -0.2) is 30.6 Å². The van der Waals surface area contributed by atoms with Crippen LogP contribution < -0.4 is 14.4 Å². The number of thioether (sulfide) groups is 1. The fourth-order valence-corrected chi connectivity index (χ4v) is 4.64.